The van der Waals surface area contributed by atoms with Gasteiger partial charge in [0.15, 0.2) is 5.75 Å². The molecule has 1 rings (SSSR count). The number of aromatic hydroxyl groups is 1. The molecule has 1 N–H and O–H groups in total. The first-order valence-electron chi connectivity index (χ1n) is 4.17. The highest BCUT2D eigenvalue weighted by Gasteiger charge is 2.07. The van der Waals surface area contributed by atoms with Crippen LogP contribution >= 0.6 is 23.2 Å². The van der Waals surface area contributed by atoms with E-state index in [0.717, 1.165) is 12.0 Å². The van der Waals surface area contributed by atoms with Gasteiger partial charge in [-0.25, -0.2) is 0 Å². The average Bonchev–Trinajstić information content (AvgIpc) is 1.98. The SMILES string of the molecule is CC(C)Cc1cc(Cl)c(O)c(Cl)c1. The fraction of sp³-hybridized carbons (Fsp3) is 0.400. The molecule has 0 aliphatic rings. The molecule has 3 heteroatoms. The van der Waals surface area contributed by atoms with Crippen LogP contribution in [0.2, 0.25) is 10.0 Å². The molecule has 0 aliphatic carbocycles. The van der Waals surface area contributed by atoms with Gasteiger partial charge in [-0.1, -0.05) is 37.0 Å². The fourth-order valence-electron chi connectivity index (χ4n) is 1.21. The molecule has 0 fully saturated rings. The first kappa shape index (κ1) is 10.7. The molecule has 0 amide bonds. The topological polar surface area (TPSA) is 20.2 Å². The van der Waals surface area contributed by atoms with Crippen LogP contribution in [0, 0.1) is 5.92 Å². The summed E-state index contributed by atoms with van der Waals surface area (Å²) in [5, 5.41) is 9.95. The molecule has 0 atom stereocenters. The zero-order valence-electron chi connectivity index (χ0n) is 7.64. The van der Waals surface area contributed by atoms with Crippen LogP contribution in [0.1, 0.15) is 19.4 Å². The Morgan fingerprint density at radius 1 is 1.23 bits per heavy atom. The number of phenols is 1. The minimum atomic E-state index is -0.0316. The Morgan fingerprint density at radius 2 is 1.69 bits per heavy atom. The van der Waals surface area contributed by atoms with Gasteiger partial charge >= 0.3 is 0 Å². The molecule has 0 saturated carbocycles. The summed E-state index contributed by atoms with van der Waals surface area (Å²) >= 11 is 11.5. The van der Waals surface area contributed by atoms with Gasteiger partial charge in [-0.05, 0) is 30.0 Å². The first-order chi connectivity index (χ1) is 6.00. The molecule has 0 saturated heterocycles. The van der Waals surface area contributed by atoms with E-state index in [1.807, 2.05) is 0 Å². The summed E-state index contributed by atoms with van der Waals surface area (Å²) in [6, 6.07) is 3.51. The summed E-state index contributed by atoms with van der Waals surface area (Å²) in [6.45, 7) is 4.24. The van der Waals surface area contributed by atoms with Crippen molar-refractivity contribution in [2.45, 2.75) is 20.3 Å². The maximum atomic E-state index is 9.30. The van der Waals surface area contributed by atoms with E-state index in [-0.39, 0.29) is 5.75 Å². The Morgan fingerprint density at radius 3 is 2.08 bits per heavy atom. The van der Waals surface area contributed by atoms with Crippen LogP contribution in [-0.2, 0) is 6.42 Å². The van der Waals surface area contributed by atoms with Gasteiger partial charge in [-0.2, -0.15) is 0 Å². The highest BCUT2D eigenvalue weighted by atomic mass is 35.5. The van der Waals surface area contributed by atoms with Crippen LogP contribution in [0.25, 0.3) is 0 Å². The average molecular weight is 219 g/mol. The van der Waals surface area contributed by atoms with Crippen molar-refractivity contribution in [1.29, 1.82) is 0 Å². The van der Waals surface area contributed by atoms with Crippen molar-refractivity contribution in [2.75, 3.05) is 0 Å². The smallest absolute Gasteiger partial charge is 0.152 e. The van der Waals surface area contributed by atoms with Crippen LogP contribution in [-0.4, -0.2) is 5.11 Å². The molecule has 1 aromatic carbocycles. The molecule has 0 aliphatic heterocycles. The second-order valence-electron chi connectivity index (χ2n) is 3.51. The third-order valence-electron chi connectivity index (χ3n) is 1.72. The van der Waals surface area contributed by atoms with Gasteiger partial charge in [0.25, 0.3) is 0 Å². The Balaban J connectivity index is 2.99. The Kier molecular flexibility index (Phi) is 3.46. The highest BCUT2D eigenvalue weighted by Crippen LogP contribution is 2.33. The van der Waals surface area contributed by atoms with Crippen molar-refractivity contribution < 1.29 is 5.11 Å². The van der Waals surface area contributed by atoms with Crippen molar-refractivity contribution >= 4 is 23.2 Å². The van der Waals surface area contributed by atoms with Crippen LogP contribution < -0.4 is 0 Å². The third kappa shape index (κ3) is 2.78. The molecule has 72 valence electrons. The summed E-state index contributed by atoms with van der Waals surface area (Å²) in [4.78, 5) is 0. The van der Waals surface area contributed by atoms with Crippen molar-refractivity contribution in [3.05, 3.63) is 27.7 Å². The number of phenolic OH excluding ortho intramolecular Hbond substituents is 1. The van der Waals surface area contributed by atoms with E-state index in [0.29, 0.717) is 16.0 Å². The molecule has 0 spiro atoms. The number of benzene rings is 1. The fourth-order valence-corrected chi connectivity index (χ4v) is 1.74. The number of hydrogen-bond acceptors (Lipinski definition) is 1. The van der Waals surface area contributed by atoms with Gasteiger partial charge in [0.05, 0.1) is 10.0 Å². The summed E-state index contributed by atoms with van der Waals surface area (Å²) < 4.78 is 0. The molecule has 1 nitrogen and oxygen atoms in total. The number of rotatable bonds is 2. The third-order valence-corrected chi connectivity index (χ3v) is 2.30. The monoisotopic (exact) mass is 218 g/mol. The highest BCUT2D eigenvalue weighted by molar-refractivity contribution is 6.37. The van der Waals surface area contributed by atoms with E-state index >= 15 is 0 Å². The lowest BCUT2D eigenvalue weighted by molar-refractivity contribution is 0.475. The van der Waals surface area contributed by atoms with Crippen molar-refractivity contribution in [3.63, 3.8) is 0 Å². The molecule has 0 bridgehead atoms. The number of hydrogen-bond donors (Lipinski definition) is 1. The van der Waals surface area contributed by atoms with Gasteiger partial charge in [-0.3, -0.25) is 0 Å². The Bertz CT molecular complexity index is 285. The molecule has 13 heavy (non-hydrogen) atoms. The molecule has 0 heterocycles. The van der Waals surface area contributed by atoms with E-state index in [4.69, 9.17) is 23.2 Å². The summed E-state index contributed by atoms with van der Waals surface area (Å²) in [5.74, 6) is 0.521. The lowest BCUT2D eigenvalue weighted by atomic mass is 10.0. The number of halogens is 2. The second-order valence-corrected chi connectivity index (χ2v) is 4.32. The van der Waals surface area contributed by atoms with Gasteiger partial charge in [0.2, 0.25) is 0 Å². The van der Waals surface area contributed by atoms with Crippen molar-refractivity contribution in [1.82, 2.24) is 0 Å². The zero-order valence-corrected chi connectivity index (χ0v) is 9.15. The minimum absolute atomic E-state index is 0.0316. The van der Waals surface area contributed by atoms with Crippen LogP contribution in [0.3, 0.4) is 0 Å². The molecule has 0 aromatic heterocycles. The summed E-state index contributed by atoms with van der Waals surface area (Å²) in [6.07, 6.45) is 0.916. The Labute approximate surface area is 88.3 Å². The zero-order chi connectivity index (χ0) is 10.0. The van der Waals surface area contributed by atoms with Gasteiger partial charge < -0.3 is 5.11 Å². The lowest BCUT2D eigenvalue weighted by Crippen LogP contribution is -1.93. The predicted octanol–water partition coefficient (Wildman–Crippen LogP) is 3.90. The first-order valence-corrected chi connectivity index (χ1v) is 4.93. The van der Waals surface area contributed by atoms with Gasteiger partial charge in [0, 0.05) is 0 Å². The largest absolute Gasteiger partial charge is 0.505 e. The normalized spacial score (nSPS) is 10.8. The quantitative estimate of drug-likeness (QED) is 0.799. The van der Waals surface area contributed by atoms with Crippen LogP contribution in [0.4, 0.5) is 0 Å². The van der Waals surface area contributed by atoms with Crippen LogP contribution in [0.15, 0.2) is 12.1 Å². The predicted molar refractivity (Wildman–Crippen MR) is 56.7 cm³/mol. The molecule has 0 radical (unpaired) electrons. The maximum absolute atomic E-state index is 9.30. The summed E-state index contributed by atoms with van der Waals surface area (Å²) in [7, 11) is 0. The molecular weight excluding hydrogens is 207 g/mol. The van der Waals surface area contributed by atoms with E-state index in [9.17, 15) is 5.11 Å². The second kappa shape index (κ2) is 4.21. The van der Waals surface area contributed by atoms with E-state index < -0.39 is 0 Å². The van der Waals surface area contributed by atoms with E-state index in [1.165, 1.54) is 0 Å². The molecule has 0 unspecified atom stereocenters. The van der Waals surface area contributed by atoms with Gasteiger partial charge in [-0.15, -0.1) is 0 Å². The van der Waals surface area contributed by atoms with E-state index in [1.54, 1.807) is 12.1 Å². The van der Waals surface area contributed by atoms with Gasteiger partial charge in [0.1, 0.15) is 0 Å². The van der Waals surface area contributed by atoms with E-state index in [2.05, 4.69) is 13.8 Å². The molecule has 1 aromatic rings. The lowest BCUT2D eigenvalue weighted by Gasteiger charge is -2.07. The minimum Gasteiger partial charge on any atom is -0.505 e. The van der Waals surface area contributed by atoms with Crippen LogP contribution in [0.5, 0.6) is 5.75 Å². The summed E-state index contributed by atoms with van der Waals surface area (Å²) in [5.41, 5.74) is 1.06. The van der Waals surface area contributed by atoms with Crippen molar-refractivity contribution in [3.8, 4) is 5.75 Å². The Hall–Kier alpha value is -0.400. The maximum Gasteiger partial charge on any atom is 0.152 e. The standard InChI is InChI=1S/C10H12Cl2O/c1-6(2)3-7-4-8(11)10(13)9(12)5-7/h4-6,13H,3H2,1-2H3. The van der Waals surface area contributed by atoms with Crippen molar-refractivity contribution in [2.24, 2.45) is 5.92 Å². The molecular formula is C10H12Cl2O.